The Kier molecular flexibility index (Phi) is 6.79. The van der Waals surface area contributed by atoms with Crippen molar-refractivity contribution in [3.8, 4) is 0 Å². The average Bonchev–Trinajstić information content (AvgIpc) is 3.31. The number of hydrogen-bond acceptors (Lipinski definition) is 7. The third-order valence-corrected chi connectivity index (χ3v) is 7.19. The first-order chi connectivity index (χ1) is 16.0. The highest BCUT2D eigenvalue weighted by atomic mass is 35.5. The van der Waals surface area contributed by atoms with Gasteiger partial charge in [0.1, 0.15) is 0 Å². The lowest BCUT2D eigenvalue weighted by atomic mass is 9.79. The van der Waals surface area contributed by atoms with Gasteiger partial charge in [-0.25, -0.2) is 0 Å². The van der Waals surface area contributed by atoms with Gasteiger partial charge in [0, 0.05) is 18.0 Å². The number of fused-ring (bicyclic) bond motifs is 1. The van der Waals surface area contributed by atoms with Crippen molar-refractivity contribution in [3.63, 3.8) is 0 Å². The minimum atomic E-state index is -0.643. The maximum atomic E-state index is 13.0. The molecule has 0 spiro atoms. The molecule has 0 radical (unpaired) electrons. The van der Waals surface area contributed by atoms with E-state index in [9.17, 15) is 9.59 Å². The molecule has 0 unspecified atom stereocenters. The van der Waals surface area contributed by atoms with Crippen LogP contribution in [-0.2, 0) is 25.4 Å². The number of ether oxygens (including phenoxy) is 1. The molecule has 1 saturated heterocycles. The van der Waals surface area contributed by atoms with E-state index >= 15 is 0 Å². The standard InChI is InChI=1S/C23H30BClN4O5/c1-22(2)23(3,4)34-24(33-22)14-8-6-9-16(20(14)25)27-21(31)17-12-18-15(26-13-19(30)32-5)10-7-11-29(18)28-17/h6,8-9,12,15,26H,7,10-11,13H2,1-5H3,(H,27,31)/t15-/m1/s1. The van der Waals surface area contributed by atoms with Gasteiger partial charge in [0.25, 0.3) is 5.91 Å². The topological polar surface area (TPSA) is 104 Å². The molecule has 34 heavy (non-hydrogen) atoms. The van der Waals surface area contributed by atoms with Crippen molar-refractivity contribution in [2.75, 3.05) is 19.0 Å². The zero-order chi connectivity index (χ0) is 24.7. The number of hydrogen-bond donors (Lipinski definition) is 2. The van der Waals surface area contributed by atoms with Gasteiger partial charge in [0.05, 0.1) is 41.3 Å². The van der Waals surface area contributed by atoms with Crippen molar-refractivity contribution in [2.45, 2.75) is 64.3 Å². The average molecular weight is 489 g/mol. The molecule has 1 fully saturated rings. The lowest BCUT2D eigenvalue weighted by Gasteiger charge is -2.32. The zero-order valence-corrected chi connectivity index (χ0v) is 20.9. The van der Waals surface area contributed by atoms with E-state index in [1.54, 1.807) is 22.9 Å². The number of nitrogens with one attached hydrogen (secondary N) is 2. The summed E-state index contributed by atoms with van der Waals surface area (Å²) in [7, 11) is 0.709. The third kappa shape index (κ3) is 4.72. The molecular formula is C23H30BClN4O5. The van der Waals surface area contributed by atoms with Gasteiger partial charge in [-0.3, -0.25) is 19.6 Å². The molecule has 4 rings (SSSR count). The van der Waals surface area contributed by atoms with Crippen LogP contribution in [0.4, 0.5) is 5.69 Å². The van der Waals surface area contributed by atoms with Crippen molar-refractivity contribution < 1.29 is 23.6 Å². The molecule has 1 atom stereocenters. The first-order valence-electron chi connectivity index (χ1n) is 11.4. The Morgan fingerprint density at radius 1 is 1.26 bits per heavy atom. The Labute approximate surface area is 204 Å². The van der Waals surface area contributed by atoms with E-state index in [-0.39, 0.29) is 30.2 Å². The monoisotopic (exact) mass is 488 g/mol. The second kappa shape index (κ2) is 9.33. The number of benzene rings is 1. The van der Waals surface area contributed by atoms with E-state index in [0.717, 1.165) is 18.5 Å². The van der Waals surface area contributed by atoms with E-state index in [0.29, 0.717) is 22.7 Å². The molecule has 2 aromatic rings. The van der Waals surface area contributed by atoms with E-state index < -0.39 is 18.3 Å². The molecular weight excluding hydrogens is 459 g/mol. The third-order valence-electron chi connectivity index (χ3n) is 6.77. The number of amides is 1. The summed E-state index contributed by atoms with van der Waals surface area (Å²) in [5, 5.41) is 10.9. The molecule has 1 aromatic heterocycles. The number of methoxy groups -OCH3 is 1. The molecule has 2 N–H and O–H groups in total. The van der Waals surface area contributed by atoms with Crippen molar-refractivity contribution >= 4 is 41.7 Å². The van der Waals surface area contributed by atoms with Gasteiger partial charge in [-0.15, -0.1) is 0 Å². The van der Waals surface area contributed by atoms with Gasteiger partial charge in [0.2, 0.25) is 0 Å². The molecule has 11 heteroatoms. The molecule has 2 aliphatic heterocycles. The number of nitrogens with zero attached hydrogens (tertiary/aromatic N) is 2. The Morgan fingerprint density at radius 3 is 2.65 bits per heavy atom. The molecule has 1 aromatic carbocycles. The first-order valence-corrected chi connectivity index (χ1v) is 11.7. The summed E-state index contributed by atoms with van der Waals surface area (Å²) in [5.41, 5.74) is 1.22. The maximum absolute atomic E-state index is 13.0. The number of anilines is 1. The quantitative estimate of drug-likeness (QED) is 0.476. The molecule has 0 aliphatic carbocycles. The van der Waals surface area contributed by atoms with Crippen molar-refractivity contribution in [2.24, 2.45) is 0 Å². The highest BCUT2D eigenvalue weighted by Crippen LogP contribution is 2.37. The number of carbonyl (C=O) groups excluding carboxylic acids is 2. The fraction of sp³-hybridized carbons (Fsp3) is 0.522. The van der Waals surface area contributed by atoms with E-state index in [1.165, 1.54) is 7.11 Å². The SMILES string of the molecule is COC(=O)CN[C@@H]1CCCn2nc(C(=O)Nc3cccc(B4OC(C)(C)C(C)(C)O4)c3Cl)cc21. The normalized spacial score (nSPS) is 20.6. The molecule has 9 nitrogen and oxygen atoms in total. The highest BCUT2D eigenvalue weighted by molar-refractivity contribution is 6.66. The molecule has 3 heterocycles. The van der Waals surface area contributed by atoms with Crippen LogP contribution in [0.25, 0.3) is 0 Å². The first kappa shape index (κ1) is 24.7. The van der Waals surface area contributed by atoms with Gasteiger partial charge in [-0.2, -0.15) is 5.10 Å². The van der Waals surface area contributed by atoms with Crippen molar-refractivity contribution in [3.05, 3.63) is 40.7 Å². The van der Waals surface area contributed by atoms with Crippen LogP contribution in [0.2, 0.25) is 5.02 Å². The van der Waals surface area contributed by atoms with Crippen LogP contribution in [-0.4, -0.2) is 53.6 Å². The Balaban J connectivity index is 1.51. The summed E-state index contributed by atoms with van der Waals surface area (Å²) in [5.74, 6) is -0.715. The predicted molar refractivity (Wildman–Crippen MR) is 129 cm³/mol. The maximum Gasteiger partial charge on any atom is 0.496 e. The van der Waals surface area contributed by atoms with Gasteiger partial charge >= 0.3 is 13.1 Å². The number of aryl methyl sites for hydroxylation is 1. The number of esters is 1. The van der Waals surface area contributed by atoms with Gasteiger partial charge in [-0.05, 0) is 52.7 Å². The van der Waals surface area contributed by atoms with Crippen LogP contribution in [0.3, 0.4) is 0 Å². The summed E-state index contributed by atoms with van der Waals surface area (Å²) in [6, 6.07) is 7.01. The number of aromatic nitrogens is 2. The van der Waals surface area contributed by atoms with Crippen molar-refractivity contribution in [1.82, 2.24) is 15.1 Å². The molecule has 182 valence electrons. The molecule has 1 amide bonds. The summed E-state index contributed by atoms with van der Waals surface area (Å²) in [6.45, 7) is 8.69. The van der Waals surface area contributed by atoms with Gasteiger partial charge in [-0.1, -0.05) is 23.7 Å². The smallest absolute Gasteiger partial charge is 0.468 e. The second-order valence-electron chi connectivity index (χ2n) is 9.58. The van der Waals surface area contributed by atoms with Crippen LogP contribution in [0.1, 0.15) is 62.8 Å². The van der Waals surface area contributed by atoms with Crippen LogP contribution < -0.4 is 16.1 Å². The molecule has 0 saturated carbocycles. The lowest BCUT2D eigenvalue weighted by Crippen LogP contribution is -2.41. The number of rotatable bonds is 6. The van der Waals surface area contributed by atoms with Crippen molar-refractivity contribution in [1.29, 1.82) is 0 Å². The Hall–Kier alpha value is -2.40. The Morgan fingerprint density at radius 2 is 1.97 bits per heavy atom. The summed E-state index contributed by atoms with van der Waals surface area (Å²) < 4.78 is 18.7. The fourth-order valence-corrected chi connectivity index (χ4v) is 4.33. The minimum Gasteiger partial charge on any atom is -0.468 e. The van der Waals surface area contributed by atoms with Gasteiger partial charge < -0.3 is 19.4 Å². The van der Waals surface area contributed by atoms with Crippen LogP contribution >= 0.6 is 11.6 Å². The van der Waals surface area contributed by atoms with E-state index in [2.05, 4.69) is 15.7 Å². The Bertz CT molecular complexity index is 1090. The number of carbonyl (C=O) groups is 2. The summed E-state index contributed by atoms with van der Waals surface area (Å²) in [6.07, 6.45) is 1.72. The molecule has 2 aliphatic rings. The van der Waals surface area contributed by atoms with E-state index in [1.807, 2.05) is 33.8 Å². The van der Waals surface area contributed by atoms with E-state index in [4.69, 9.17) is 25.6 Å². The van der Waals surface area contributed by atoms with Crippen LogP contribution in [0.5, 0.6) is 0 Å². The lowest BCUT2D eigenvalue weighted by molar-refractivity contribution is -0.139. The number of halogens is 1. The summed E-state index contributed by atoms with van der Waals surface area (Å²) >= 11 is 6.66. The zero-order valence-electron chi connectivity index (χ0n) is 20.1. The molecule has 0 bridgehead atoms. The largest absolute Gasteiger partial charge is 0.496 e. The fourth-order valence-electron chi connectivity index (χ4n) is 4.06. The highest BCUT2D eigenvalue weighted by Gasteiger charge is 2.52. The van der Waals surface area contributed by atoms with Crippen LogP contribution in [0.15, 0.2) is 24.3 Å². The summed E-state index contributed by atoms with van der Waals surface area (Å²) in [4.78, 5) is 24.5. The predicted octanol–water partition coefficient (Wildman–Crippen LogP) is 2.69. The van der Waals surface area contributed by atoms with Gasteiger partial charge in [0.15, 0.2) is 5.69 Å². The van der Waals surface area contributed by atoms with Crippen LogP contribution in [0, 0.1) is 0 Å². The minimum absolute atomic E-state index is 0.0859. The second-order valence-corrected chi connectivity index (χ2v) is 9.96.